The van der Waals surface area contributed by atoms with Gasteiger partial charge in [-0.2, -0.15) is 0 Å². The number of pyridine rings is 1. The molecule has 1 atom stereocenters. The lowest BCUT2D eigenvalue weighted by atomic mass is 9.92. The van der Waals surface area contributed by atoms with Gasteiger partial charge in [0, 0.05) is 49.0 Å². The van der Waals surface area contributed by atoms with Crippen molar-refractivity contribution in [1.29, 1.82) is 0 Å². The third-order valence-electron chi connectivity index (χ3n) is 7.51. The molecule has 3 heterocycles. The van der Waals surface area contributed by atoms with Gasteiger partial charge in [0.2, 0.25) is 11.2 Å². The van der Waals surface area contributed by atoms with Crippen molar-refractivity contribution >= 4 is 22.6 Å². The molecule has 1 aliphatic rings. The highest BCUT2D eigenvalue weighted by atomic mass is 16.5. The lowest BCUT2D eigenvalue weighted by Gasteiger charge is -2.36. The summed E-state index contributed by atoms with van der Waals surface area (Å²) in [5.74, 6) is -1.26. The van der Waals surface area contributed by atoms with Crippen molar-refractivity contribution in [3.63, 3.8) is 0 Å². The average Bonchev–Trinajstić information content (AvgIpc) is 2.98. The Balaban J connectivity index is 1.42. The Morgan fingerprint density at radius 2 is 1.76 bits per heavy atom. The number of ether oxygens (including phenoxy) is 2. The lowest BCUT2D eigenvalue weighted by molar-refractivity contribution is -0.140. The van der Waals surface area contributed by atoms with Crippen LogP contribution in [0.25, 0.3) is 10.9 Å². The molecule has 10 nitrogen and oxygen atoms in total. The summed E-state index contributed by atoms with van der Waals surface area (Å²) < 4.78 is 16.2. The van der Waals surface area contributed by atoms with Gasteiger partial charge in [-0.15, -0.1) is 0 Å². The van der Waals surface area contributed by atoms with Crippen molar-refractivity contribution < 1.29 is 23.8 Å². The minimum atomic E-state index is -1.03. The Morgan fingerprint density at radius 1 is 1.02 bits per heavy atom. The highest BCUT2D eigenvalue weighted by molar-refractivity contribution is 5.80. The molecule has 0 unspecified atom stereocenters. The maximum absolute atomic E-state index is 13.2. The van der Waals surface area contributed by atoms with Crippen LogP contribution in [0.1, 0.15) is 35.0 Å². The predicted molar refractivity (Wildman–Crippen MR) is 155 cm³/mol. The molecular formula is C31H33N3O7. The maximum atomic E-state index is 13.2. The van der Waals surface area contributed by atoms with Crippen LogP contribution in [0, 0.1) is 6.92 Å². The van der Waals surface area contributed by atoms with Gasteiger partial charge in [-0.3, -0.25) is 19.3 Å². The van der Waals surface area contributed by atoms with E-state index in [2.05, 4.69) is 14.8 Å². The van der Waals surface area contributed by atoms with Crippen molar-refractivity contribution in [1.82, 2.24) is 9.88 Å². The number of hydrogen-bond acceptors (Lipinski definition) is 9. The summed E-state index contributed by atoms with van der Waals surface area (Å²) in [5.41, 5.74) is 1.83. The van der Waals surface area contributed by atoms with Gasteiger partial charge in [0.15, 0.2) is 5.76 Å². The van der Waals surface area contributed by atoms with Gasteiger partial charge in [0.05, 0.1) is 33.1 Å². The molecule has 41 heavy (non-hydrogen) atoms. The SMILES string of the molecule is COC(=O)C[C@@H](c1oc(CN2CCN(c3ccc(OC)cc3)CC2)cc(=O)c1O)c1cc2ccc(C)cc2[nH]c1=O. The zero-order valence-corrected chi connectivity index (χ0v) is 23.3. The standard InChI is InChI=1S/C31H33N3O7/c1-19-4-5-20-15-25(31(38)32-26(20)14-19)24(17-28(36)40-3)30-29(37)27(35)16-23(41-30)18-33-10-12-34(13-11-33)21-6-8-22(39-2)9-7-21/h4-9,14-16,24,37H,10-13,17-18H2,1-3H3,(H,32,38)/t24-/m1/s1. The molecule has 0 spiro atoms. The number of aromatic nitrogens is 1. The Kier molecular flexibility index (Phi) is 8.11. The molecule has 2 N–H and O–H groups in total. The van der Waals surface area contributed by atoms with Crippen LogP contribution in [0.5, 0.6) is 11.5 Å². The van der Waals surface area contributed by atoms with E-state index in [1.54, 1.807) is 13.2 Å². The monoisotopic (exact) mass is 559 g/mol. The molecule has 0 radical (unpaired) electrons. The molecule has 4 aromatic rings. The summed E-state index contributed by atoms with van der Waals surface area (Å²) in [7, 11) is 2.88. The molecule has 0 bridgehead atoms. The number of hydrogen-bond donors (Lipinski definition) is 2. The van der Waals surface area contributed by atoms with Crippen LogP contribution in [-0.4, -0.2) is 61.4 Å². The van der Waals surface area contributed by atoms with E-state index >= 15 is 0 Å². The number of fused-ring (bicyclic) bond motifs is 1. The molecule has 2 aromatic heterocycles. The maximum Gasteiger partial charge on any atom is 0.306 e. The molecule has 214 valence electrons. The van der Waals surface area contributed by atoms with Crippen LogP contribution >= 0.6 is 0 Å². The van der Waals surface area contributed by atoms with Gasteiger partial charge in [0.25, 0.3) is 5.56 Å². The number of anilines is 1. The Bertz CT molecular complexity index is 1670. The largest absolute Gasteiger partial charge is 0.502 e. The molecule has 0 amide bonds. The Morgan fingerprint density at radius 3 is 2.44 bits per heavy atom. The van der Waals surface area contributed by atoms with Crippen molar-refractivity contribution in [2.75, 3.05) is 45.3 Å². The predicted octanol–water partition coefficient (Wildman–Crippen LogP) is 3.52. The van der Waals surface area contributed by atoms with Gasteiger partial charge in [-0.05, 0) is 54.3 Å². The minimum Gasteiger partial charge on any atom is -0.502 e. The number of nitrogens with one attached hydrogen (secondary N) is 1. The first-order valence-corrected chi connectivity index (χ1v) is 13.4. The molecule has 1 saturated heterocycles. The molecule has 2 aromatic carbocycles. The molecule has 5 rings (SSSR count). The normalized spacial score (nSPS) is 14.7. The van der Waals surface area contributed by atoms with E-state index in [0.717, 1.165) is 48.6 Å². The smallest absolute Gasteiger partial charge is 0.306 e. The number of aryl methyl sites for hydroxylation is 1. The molecule has 1 aliphatic heterocycles. The first-order chi connectivity index (χ1) is 19.7. The molecule has 1 fully saturated rings. The summed E-state index contributed by atoms with van der Waals surface area (Å²) in [6.45, 7) is 5.25. The fraction of sp³-hybridized carbons (Fsp3) is 0.323. The van der Waals surface area contributed by atoms with E-state index in [0.29, 0.717) is 17.8 Å². The second kappa shape index (κ2) is 11.9. The number of rotatable bonds is 8. The van der Waals surface area contributed by atoms with Gasteiger partial charge in [-0.25, -0.2) is 0 Å². The number of benzene rings is 2. The van der Waals surface area contributed by atoms with Crippen LogP contribution in [0.3, 0.4) is 0 Å². The first-order valence-electron chi connectivity index (χ1n) is 13.4. The van der Waals surface area contributed by atoms with Gasteiger partial charge < -0.3 is 28.9 Å². The second-order valence-corrected chi connectivity index (χ2v) is 10.2. The highest BCUT2D eigenvalue weighted by Crippen LogP contribution is 2.33. The fourth-order valence-electron chi connectivity index (χ4n) is 5.23. The van der Waals surface area contributed by atoms with E-state index in [1.807, 2.05) is 49.4 Å². The van der Waals surface area contributed by atoms with Crippen LogP contribution in [0.2, 0.25) is 0 Å². The van der Waals surface area contributed by atoms with Crippen molar-refractivity contribution in [3.05, 3.63) is 97.8 Å². The topological polar surface area (TPSA) is 125 Å². The zero-order valence-electron chi connectivity index (χ0n) is 23.3. The highest BCUT2D eigenvalue weighted by Gasteiger charge is 2.29. The van der Waals surface area contributed by atoms with E-state index in [4.69, 9.17) is 13.9 Å². The van der Waals surface area contributed by atoms with Crippen LogP contribution in [0.4, 0.5) is 5.69 Å². The summed E-state index contributed by atoms with van der Waals surface area (Å²) in [5, 5.41) is 11.5. The molecular weight excluding hydrogens is 526 g/mol. The van der Waals surface area contributed by atoms with Crippen molar-refractivity contribution in [2.45, 2.75) is 25.8 Å². The van der Waals surface area contributed by atoms with E-state index in [1.165, 1.54) is 13.2 Å². The number of carbonyl (C=O) groups is 1. The number of carbonyl (C=O) groups excluding carboxylic acids is 1. The number of nitrogens with zero attached hydrogens (tertiary/aromatic N) is 2. The van der Waals surface area contributed by atoms with Crippen LogP contribution in [-0.2, 0) is 16.1 Å². The summed E-state index contributed by atoms with van der Waals surface area (Å²) in [6.07, 6.45) is -0.294. The second-order valence-electron chi connectivity index (χ2n) is 10.2. The quantitative estimate of drug-likeness (QED) is 0.312. The average molecular weight is 560 g/mol. The van der Waals surface area contributed by atoms with E-state index < -0.39 is 28.6 Å². The minimum absolute atomic E-state index is 0.133. The third kappa shape index (κ3) is 6.12. The summed E-state index contributed by atoms with van der Waals surface area (Å²) in [6, 6.07) is 16.4. The third-order valence-corrected chi connectivity index (χ3v) is 7.51. The number of methoxy groups -OCH3 is 2. The number of esters is 1. The van der Waals surface area contributed by atoms with Crippen LogP contribution < -0.4 is 20.6 Å². The fourth-order valence-corrected chi connectivity index (χ4v) is 5.23. The number of aromatic amines is 1. The van der Waals surface area contributed by atoms with Gasteiger partial charge in [0.1, 0.15) is 11.5 Å². The van der Waals surface area contributed by atoms with E-state index in [-0.39, 0.29) is 17.7 Å². The number of aromatic hydroxyl groups is 1. The summed E-state index contributed by atoms with van der Waals surface area (Å²) >= 11 is 0. The molecule has 0 saturated carbocycles. The van der Waals surface area contributed by atoms with Crippen molar-refractivity contribution in [2.24, 2.45) is 0 Å². The Labute approximate surface area is 236 Å². The van der Waals surface area contributed by atoms with Crippen LogP contribution in [0.15, 0.2) is 68.6 Å². The molecule has 10 heteroatoms. The zero-order chi connectivity index (χ0) is 29.1. The van der Waals surface area contributed by atoms with Gasteiger partial charge >= 0.3 is 5.97 Å². The van der Waals surface area contributed by atoms with Gasteiger partial charge in [-0.1, -0.05) is 12.1 Å². The first kappa shape index (κ1) is 28.0. The summed E-state index contributed by atoms with van der Waals surface area (Å²) in [4.78, 5) is 45.7. The number of piperazine rings is 1. The Hall–Kier alpha value is -4.57. The van der Waals surface area contributed by atoms with Crippen molar-refractivity contribution in [3.8, 4) is 11.5 Å². The molecule has 0 aliphatic carbocycles. The van der Waals surface area contributed by atoms with E-state index in [9.17, 15) is 19.5 Å². The lowest BCUT2D eigenvalue weighted by Crippen LogP contribution is -2.46. The number of H-pyrrole nitrogens is 1.